The maximum absolute atomic E-state index is 13.3. The quantitative estimate of drug-likeness (QED) is 0.676. The van der Waals surface area contributed by atoms with Gasteiger partial charge in [-0.25, -0.2) is 4.39 Å². The van der Waals surface area contributed by atoms with E-state index >= 15 is 0 Å². The Hall–Kier alpha value is -1.07. The Morgan fingerprint density at radius 2 is 2.08 bits per heavy atom. The van der Waals surface area contributed by atoms with Gasteiger partial charge in [-0.05, 0) is 18.1 Å². The van der Waals surface area contributed by atoms with E-state index in [2.05, 4.69) is 0 Å². The third-order valence-corrected chi connectivity index (χ3v) is 2.01. The SMILES string of the molecule is CC(C)c1c(F)cc(Cl)cc1C#N. The second-order valence-electron chi connectivity index (χ2n) is 3.12. The van der Waals surface area contributed by atoms with Gasteiger partial charge in [0.2, 0.25) is 0 Å². The number of hydrogen-bond acceptors (Lipinski definition) is 1. The fourth-order valence-corrected chi connectivity index (χ4v) is 1.47. The molecule has 0 aromatic heterocycles. The largest absolute Gasteiger partial charge is 0.207 e. The van der Waals surface area contributed by atoms with Crippen LogP contribution in [0.3, 0.4) is 0 Å². The molecule has 0 saturated carbocycles. The number of halogens is 2. The van der Waals surface area contributed by atoms with E-state index in [9.17, 15) is 4.39 Å². The molecule has 1 rings (SSSR count). The number of hydrogen-bond donors (Lipinski definition) is 0. The van der Waals surface area contributed by atoms with Crippen LogP contribution >= 0.6 is 11.6 Å². The van der Waals surface area contributed by atoms with Crippen molar-refractivity contribution in [3.05, 3.63) is 34.1 Å². The highest BCUT2D eigenvalue weighted by Gasteiger charge is 2.13. The highest BCUT2D eigenvalue weighted by molar-refractivity contribution is 6.30. The molecule has 0 amide bonds. The van der Waals surface area contributed by atoms with Gasteiger partial charge in [-0.1, -0.05) is 25.4 Å². The number of benzene rings is 1. The van der Waals surface area contributed by atoms with E-state index in [1.54, 1.807) is 0 Å². The van der Waals surface area contributed by atoms with Crippen LogP contribution in [0, 0.1) is 17.1 Å². The van der Waals surface area contributed by atoms with E-state index in [4.69, 9.17) is 16.9 Å². The van der Waals surface area contributed by atoms with E-state index in [1.165, 1.54) is 12.1 Å². The molecule has 3 heteroatoms. The summed E-state index contributed by atoms with van der Waals surface area (Å²) in [6.45, 7) is 3.68. The van der Waals surface area contributed by atoms with Gasteiger partial charge in [-0.15, -0.1) is 0 Å². The van der Waals surface area contributed by atoms with Gasteiger partial charge in [-0.2, -0.15) is 5.26 Å². The van der Waals surface area contributed by atoms with Gasteiger partial charge in [0.25, 0.3) is 0 Å². The molecule has 0 saturated heterocycles. The summed E-state index contributed by atoms with van der Waals surface area (Å²) in [6, 6.07) is 4.65. The predicted molar refractivity (Wildman–Crippen MR) is 50.2 cm³/mol. The molecule has 0 aliphatic heterocycles. The lowest BCUT2D eigenvalue weighted by Crippen LogP contribution is -1.97. The van der Waals surface area contributed by atoms with Gasteiger partial charge in [0.1, 0.15) is 5.82 Å². The zero-order valence-corrected chi connectivity index (χ0v) is 8.19. The summed E-state index contributed by atoms with van der Waals surface area (Å²) in [7, 11) is 0. The summed E-state index contributed by atoms with van der Waals surface area (Å²) in [5.74, 6) is -0.411. The van der Waals surface area contributed by atoms with Crippen molar-refractivity contribution in [3.63, 3.8) is 0 Å². The lowest BCUT2D eigenvalue weighted by atomic mass is 9.97. The molecule has 0 fully saturated rings. The number of nitrogens with zero attached hydrogens (tertiary/aromatic N) is 1. The summed E-state index contributed by atoms with van der Waals surface area (Å²) < 4.78 is 13.3. The minimum atomic E-state index is -0.404. The Bertz CT molecular complexity index is 366. The molecule has 0 aliphatic rings. The molecule has 0 N–H and O–H groups in total. The molecule has 68 valence electrons. The molecule has 1 aromatic carbocycles. The zero-order valence-electron chi connectivity index (χ0n) is 7.44. The van der Waals surface area contributed by atoms with Crippen molar-refractivity contribution < 1.29 is 4.39 Å². The van der Waals surface area contributed by atoms with Crippen LogP contribution in [0.15, 0.2) is 12.1 Å². The Kier molecular flexibility index (Phi) is 2.90. The number of nitriles is 1. The van der Waals surface area contributed by atoms with Crippen LogP contribution in [-0.2, 0) is 0 Å². The van der Waals surface area contributed by atoms with Crippen molar-refractivity contribution in [1.82, 2.24) is 0 Å². The lowest BCUT2D eigenvalue weighted by molar-refractivity contribution is 0.597. The second-order valence-corrected chi connectivity index (χ2v) is 3.55. The van der Waals surface area contributed by atoms with Crippen LogP contribution in [0.25, 0.3) is 0 Å². The second kappa shape index (κ2) is 3.76. The van der Waals surface area contributed by atoms with Gasteiger partial charge in [0, 0.05) is 10.6 Å². The summed E-state index contributed by atoms with van der Waals surface area (Å²) in [5, 5.41) is 9.00. The first-order chi connectivity index (χ1) is 6.06. The molecule has 1 aromatic rings. The highest BCUT2D eigenvalue weighted by atomic mass is 35.5. The zero-order chi connectivity index (χ0) is 10.0. The predicted octanol–water partition coefficient (Wildman–Crippen LogP) is 3.47. The molecule has 0 aliphatic carbocycles. The standard InChI is InChI=1S/C10H9ClFN/c1-6(2)10-7(5-13)3-8(11)4-9(10)12/h3-4,6H,1-2H3. The van der Waals surface area contributed by atoms with Crippen molar-refractivity contribution in [1.29, 1.82) is 5.26 Å². The minimum absolute atomic E-state index is 0.00748. The first-order valence-electron chi connectivity index (χ1n) is 3.95. The Labute approximate surface area is 81.8 Å². The number of rotatable bonds is 1. The Balaban J connectivity index is 3.41. The van der Waals surface area contributed by atoms with Crippen LogP contribution in [0.1, 0.15) is 30.9 Å². The van der Waals surface area contributed by atoms with Crippen LogP contribution < -0.4 is 0 Å². The van der Waals surface area contributed by atoms with Gasteiger partial charge in [0.05, 0.1) is 11.6 Å². The fraction of sp³-hybridized carbons (Fsp3) is 0.300. The normalized spacial score (nSPS) is 10.2. The van der Waals surface area contributed by atoms with Gasteiger partial charge in [0.15, 0.2) is 0 Å². The van der Waals surface area contributed by atoms with E-state index in [0.717, 1.165) is 0 Å². The molecule has 0 atom stereocenters. The average molecular weight is 198 g/mol. The Morgan fingerprint density at radius 3 is 2.54 bits per heavy atom. The first-order valence-corrected chi connectivity index (χ1v) is 4.33. The summed E-state index contributed by atoms with van der Waals surface area (Å²) in [5.41, 5.74) is 0.756. The van der Waals surface area contributed by atoms with Gasteiger partial charge >= 0.3 is 0 Å². The van der Waals surface area contributed by atoms with Crippen LogP contribution in [0.4, 0.5) is 4.39 Å². The topological polar surface area (TPSA) is 23.8 Å². The van der Waals surface area contributed by atoms with E-state index in [0.29, 0.717) is 11.1 Å². The smallest absolute Gasteiger partial charge is 0.129 e. The summed E-state index contributed by atoms with van der Waals surface area (Å²) in [6.07, 6.45) is 0. The van der Waals surface area contributed by atoms with E-state index in [1.807, 2.05) is 19.9 Å². The molecule has 0 radical (unpaired) electrons. The van der Waals surface area contributed by atoms with Crippen molar-refractivity contribution >= 4 is 11.6 Å². The van der Waals surface area contributed by atoms with Gasteiger partial charge < -0.3 is 0 Å². The molecular formula is C10H9ClFN. The van der Waals surface area contributed by atoms with E-state index in [-0.39, 0.29) is 10.9 Å². The molecule has 0 heterocycles. The Morgan fingerprint density at radius 1 is 1.46 bits per heavy atom. The monoisotopic (exact) mass is 197 g/mol. The van der Waals surface area contributed by atoms with Crippen LogP contribution in [0.2, 0.25) is 5.02 Å². The lowest BCUT2D eigenvalue weighted by Gasteiger charge is -2.09. The minimum Gasteiger partial charge on any atom is -0.207 e. The van der Waals surface area contributed by atoms with E-state index < -0.39 is 5.82 Å². The maximum atomic E-state index is 13.3. The summed E-state index contributed by atoms with van der Waals surface area (Å²) in [4.78, 5) is 0. The molecule has 1 nitrogen and oxygen atoms in total. The van der Waals surface area contributed by atoms with Crippen molar-refractivity contribution in [2.75, 3.05) is 0 Å². The fourth-order valence-electron chi connectivity index (χ4n) is 1.26. The molecule has 0 bridgehead atoms. The summed E-state index contributed by atoms with van der Waals surface area (Å²) >= 11 is 5.61. The average Bonchev–Trinajstić information content (AvgIpc) is 2.01. The van der Waals surface area contributed by atoms with Crippen LogP contribution in [0.5, 0.6) is 0 Å². The van der Waals surface area contributed by atoms with Crippen LogP contribution in [-0.4, -0.2) is 0 Å². The van der Waals surface area contributed by atoms with Crippen molar-refractivity contribution in [2.24, 2.45) is 0 Å². The molecule has 13 heavy (non-hydrogen) atoms. The molecular weight excluding hydrogens is 189 g/mol. The third kappa shape index (κ3) is 1.99. The molecule has 0 spiro atoms. The van der Waals surface area contributed by atoms with Crippen molar-refractivity contribution in [2.45, 2.75) is 19.8 Å². The first kappa shape index (κ1) is 10.0. The van der Waals surface area contributed by atoms with Gasteiger partial charge in [-0.3, -0.25) is 0 Å². The van der Waals surface area contributed by atoms with Crippen molar-refractivity contribution in [3.8, 4) is 6.07 Å². The third-order valence-electron chi connectivity index (χ3n) is 1.79. The molecule has 0 unspecified atom stereocenters. The maximum Gasteiger partial charge on any atom is 0.129 e. The highest BCUT2D eigenvalue weighted by Crippen LogP contribution is 2.25.